The van der Waals surface area contributed by atoms with Crippen LogP contribution in [0.3, 0.4) is 0 Å². The molecule has 20 heavy (non-hydrogen) atoms. The molecule has 1 saturated heterocycles. The Morgan fingerprint density at radius 1 is 1.35 bits per heavy atom. The summed E-state index contributed by atoms with van der Waals surface area (Å²) in [5.41, 5.74) is 1.11. The van der Waals surface area contributed by atoms with E-state index in [1.54, 1.807) is 12.1 Å². The van der Waals surface area contributed by atoms with E-state index in [4.69, 9.17) is 0 Å². The molecular weight excluding hydrogens is 319 g/mol. The summed E-state index contributed by atoms with van der Waals surface area (Å²) in [6.07, 6.45) is 3.23. The largest absolute Gasteiger partial charge is 0.364 e. The lowest BCUT2D eigenvalue weighted by molar-refractivity contribution is 0.246. The molecule has 0 aromatic heterocycles. The summed E-state index contributed by atoms with van der Waals surface area (Å²) in [7, 11) is 0. The molecule has 1 atom stereocenters. The Labute approximate surface area is 129 Å². The molecule has 2 nitrogen and oxygen atoms in total. The molecule has 1 aromatic rings. The van der Waals surface area contributed by atoms with Gasteiger partial charge < -0.3 is 10.2 Å². The van der Waals surface area contributed by atoms with Gasteiger partial charge in [-0.3, -0.25) is 0 Å². The quantitative estimate of drug-likeness (QED) is 0.875. The molecular formula is C16H24BrFN2. The van der Waals surface area contributed by atoms with Crippen molar-refractivity contribution in [2.24, 2.45) is 0 Å². The van der Waals surface area contributed by atoms with Crippen molar-refractivity contribution < 1.29 is 4.39 Å². The van der Waals surface area contributed by atoms with Crippen LogP contribution in [0.1, 0.15) is 40.0 Å². The van der Waals surface area contributed by atoms with Crippen LogP contribution in [-0.2, 0) is 0 Å². The first kappa shape index (κ1) is 15.8. The van der Waals surface area contributed by atoms with Crippen molar-refractivity contribution in [3.63, 3.8) is 0 Å². The highest BCUT2D eigenvalue weighted by molar-refractivity contribution is 9.10. The van der Waals surface area contributed by atoms with E-state index in [0.29, 0.717) is 6.04 Å². The van der Waals surface area contributed by atoms with E-state index < -0.39 is 0 Å². The van der Waals surface area contributed by atoms with Gasteiger partial charge in [-0.1, -0.05) is 20.8 Å². The fourth-order valence-corrected chi connectivity index (χ4v) is 3.51. The zero-order valence-electron chi connectivity index (χ0n) is 12.5. The van der Waals surface area contributed by atoms with Crippen molar-refractivity contribution >= 4 is 21.6 Å². The summed E-state index contributed by atoms with van der Waals surface area (Å²) in [6, 6.07) is 5.37. The maximum Gasteiger partial charge on any atom is 0.125 e. The maximum absolute atomic E-state index is 13.6. The van der Waals surface area contributed by atoms with Crippen LogP contribution >= 0.6 is 15.9 Å². The molecule has 4 heteroatoms. The van der Waals surface area contributed by atoms with E-state index in [-0.39, 0.29) is 11.4 Å². The molecule has 0 spiro atoms. The molecule has 1 aliphatic rings. The fourth-order valence-electron chi connectivity index (χ4n) is 3.03. The normalized spacial score (nSPS) is 22.1. The first-order chi connectivity index (χ1) is 9.55. The SMILES string of the molecule is CCC1CNC(CC)(CC)CN1c1cc(F)ccc1Br. The van der Waals surface area contributed by atoms with E-state index in [0.717, 1.165) is 42.5 Å². The molecule has 0 bridgehead atoms. The van der Waals surface area contributed by atoms with Gasteiger partial charge in [0.2, 0.25) is 0 Å². The van der Waals surface area contributed by atoms with Gasteiger partial charge in [0.25, 0.3) is 0 Å². The standard InChI is InChI=1S/C16H24BrFN2/c1-4-13-10-19-16(5-2,6-3)11-20(13)15-9-12(18)7-8-14(15)17/h7-9,13,19H,4-6,10-11H2,1-3H3. The molecule has 112 valence electrons. The smallest absolute Gasteiger partial charge is 0.125 e. The third-order valence-corrected chi connectivity index (χ3v) is 5.34. The van der Waals surface area contributed by atoms with E-state index in [1.165, 1.54) is 6.07 Å². The van der Waals surface area contributed by atoms with Crippen LogP contribution in [0.5, 0.6) is 0 Å². The Morgan fingerprint density at radius 2 is 2.05 bits per heavy atom. The van der Waals surface area contributed by atoms with E-state index in [1.807, 2.05) is 0 Å². The number of anilines is 1. The van der Waals surface area contributed by atoms with E-state index >= 15 is 0 Å². The fraction of sp³-hybridized carbons (Fsp3) is 0.625. The second kappa shape index (κ2) is 6.44. The summed E-state index contributed by atoms with van der Waals surface area (Å²) in [4.78, 5) is 2.37. The molecule has 1 heterocycles. The minimum atomic E-state index is -0.171. The molecule has 0 amide bonds. The summed E-state index contributed by atoms with van der Waals surface area (Å²) in [5.74, 6) is -0.171. The number of rotatable bonds is 4. The molecule has 1 aliphatic heterocycles. The molecule has 1 unspecified atom stereocenters. The number of nitrogens with zero attached hydrogens (tertiary/aromatic N) is 1. The number of hydrogen-bond acceptors (Lipinski definition) is 2. The Balaban J connectivity index is 2.36. The summed E-state index contributed by atoms with van der Waals surface area (Å²) >= 11 is 3.58. The lowest BCUT2D eigenvalue weighted by Crippen LogP contribution is -2.64. The van der Waals surface area contributed by atoms with Crippen molar-refractivity contribution in [3.05, 3.63) is 28.5 Å². The summed E-state index contributed by atoms with van der Waals surface area (Å²) in [6.45, 7) is 8.53. The molecule has 1 aromatic carbocycles. The summed E-state index contributed by atoms with van der Waals surface area (Å²) in [5, 5.41) is 3.72. The van der Waals surface area contributed by atoms with Gasteiger partial charge >= 0.3 is 0 Å². The average Bonchev–Trinajstić information content (AvgIpc) is 2.49. The van der Waals surface area contributed by atoms with Crippen molar-refractivity contribution in [1.82, 2.24) is 5.32 Å². The molecule has 0 saturated carbocycles. The number of nitrogens with one attached hydrogen (secondary N) is 1. The zero-order valence-corrected chi connectivity index (χ0v) is 14.1. The van der Waals surface area contributed by atoms with E-state index in [2.05, 4.69) is 46.9 Å². The third-order valence-electron chi connectivity index (χ3n) is 4.67. The Hall–Kier alpha value is -0.610. The number of hydrogen-bond donors (Lipinski definition) is 1. The summed E-state index contributed by atoms with van der Waals surface area (Å²) < 4.78 is 14.6. The van der Waals surface area contributed by atoms with Gasteiger partial charge in [-0.25, -0.2) is 4.39 Å². The predicted molar refractivity (Wildman–Crippen MR) is 86.8 cm³/mol. The predicted octanol–water partition coefficient (Wildman–Crippen LogP) is 4.34. The Morgan fingerprint density at radius 3 is 2.65 bits per heavy atom. The minimum absolute atomic E-state index is 0.136. The first-order valence-corrected chi connectivity index (χ1v) is 8.31. The van der Waals surface area contributed by atoms with Crippen molar-refractivity contribution in [2.75, 3.05) is 18.0 Å². The van der Waals surface area contributed by atoms with Gasteiger partial charge in [0, 0.05) is 29.1 Å². The number of benzene rings is 1. The Kier molecular flexibility index (Phi) is 5.08. The highest BCUT2D eigenvalue weighted by atomic mass is 79.9. The van der Waals surface area contributed by atoms with Gasteiger partial charge in [-0.2, -0.15) is 0 Å². The molecule has 1 N–H and O–H groups in total. The van der Waals surface area contributed by atoms with Crippen LogP contribution < -0.4 is 10.2 Å². The second-order valence-electron chi connectivity index (χ2n) is 5.65. The highest BCUT2D eigenvalue weighted by Gasteiger charge is 2.36. The topological polar surface area (TPSA) is 15.3 Å². The molecule has 2 rings (SSSR count). The van der Waals surface area contributed by atoms with Crippen molar-refractivity contribution in [1.29, 1.82) is 0 Å². The van der Waals surface area contributed by atoms with Crippen LogP contribution in [-0.4, -0.2) is 24.7 Å². The number of halogens is 2. The minimum Gasteiger partial charge on any atom is -0.364 e. The Bertz CT molecular complexity index is 460. The van der Waals surface area contributed by atoms with Gasteiger partial charge in [-0.05, 0) is 53.4 Å². The van der Waals surface area contributed by atoms with Gasteiger partial charge in [0.05, 0.1) is 5.69 Å². The van der Waals surface area contributed by atoms with Gasteiger partial charge in [0.1, 0.15) is 5.82 Å². The molecule has 0 radical (unpaired) electrons. The van der Waals surface area contributed by atoms with Crippen LogP contribution in [0.25, 0.3) is 0 Å². The van der Waals surface area contributed by atoms with Gasteiger partial charge in [0.15, 0.2) is 0 Å². The van der Waals surface area contributed by atoms with E-state index in [9.17, 15) is 4.39 Å². The lowest BCUT2D eigenvalue weighted by Gasteiger charge is -2.48. The van der Waals surface area contributed by atoms with Gasteiger partial charge in [-0.15, -0.1) is 0 Å². The molecule has 1 fully saturated rings. The monoisotopic (exact) mass is 342 g/mol. The molecule has 0 aliphatic carbocycles. The van der Waals surface area contributed by atoms with Crippen LogP contribution in [0.2, 0.25) is 0 Å². The first-order valence-electron chi connectivity index (χ1n) is 7.52. The number of piperazine rings is 1. The van der Waals surface area contributed by atoms with Crippen LogP contribution in [0.4, 0.5) is 10.1 Å². The third kappa shape index (κ3) is 3.01. The van der Waals surface area contributed by atoms with Crippen LogP contribution in [0, 0.1) is 5.82 Å². The second-order valence-corrected chi connectivity index (χ2v) is 6.51. The maximum atomic E-state index is 13.6. The highest BCUT2D eigenvalue weighted by Crippen LogP contribution is 2.33. The zero-order chi connectivity index (χ0) is 14.8. The van der Waals surface area contributed by atoms with Crippen molar-refractivity contribution in [3.8, 4) is 0 Å². The lowest BCUT2D eigenvalue weighted by atomic mass is 9.87. The average molecular weight is 343 g/mol. The van der Waals surface area contributed by atoms with Crippen molar-refractivity contribution in [2.45, 2.75) is 51.6 Å². The van der Waals surface area contributed by atoms with Crippen LogP contribution in [0.15, 0.2) is 22.7 Å².